The molecule has 0 aliphatic heterocycles. The highest BCUT2D eigenvalue weighted by Crippen LogP contribution is 2.25. The lowest BCUT2D eigenvalue weighted by molar-refractivity contribution is 0.922. The van der Waals surface area contributed by atoms with E-state index in [4.69, 9.17) is 0 Å². The Labute approximate surface area is 151 Å². The molecule has 3 nitrogen and oxygen atoms in total. The number of hydrogen-bond acceptors (Lipinski definition) is 2. The highest BCUT2D eigenvalue weighted by molar-refractivity contribution is 5.58. The number of anilines is 1. The van der Waals surface area contributed by atoms with Crippen molar-refractivity contribution in [2.45, 2.75) is 47.5 Å². The number of pyridine rings is 1. The topological polar surface area (TPSA) is 36.1 Å². The summed E-state index contributed by atoms with van der Waals surface area (Å²) in [4.78, 5) is 17.9. The second kappa shape index (κ2) is 8.19. The van der Waals surface area contributed by atoms with Crippen LogP contribution in [0.2, 0.25) is 0 Å². The van der Waals surface area contributed by atoms with Crippen LogP contribution in [0.1, 0.15) is 48.7 Å². The van der Waals surface area contributed by atoms with Crippen LogP contribution in [-0.4, -0.2) is 18.6 Å². The Morgan fingerprint density at radius 1 is 1.20 bits per heavy atom. The van der Waals surface area contributed by atoms with Crippen LogP contribution in [0.3, 0.4) is 0 Å². The first-order chi connectivity index (χ1) is 11.8. The fourth-order valence-corrected chi connectivity index (χ4v) is 3.32. The molecule has 0 atom stereocenters. The maximum Gasteiger partial charge on any atom is 0.272 e. The molecule has 0 aliphatic rings. The lowest BCUT2D eigenvalue weighted by Gasteiger charge is -2.23. The molecule has 0 saturated carbocycles. The van der Waals surface area contributed by atoms with Crippen molar-refractivity contribution in [3.63, 3.8) is 0 Å². The number of rotatable bonds is 6. The average Bonchev–Trinajstić information content (AvgIpc) is 2.53. The van der Waals surface area contributed by atoms with Crippen LogP contribution in [0.4, 0.5) is 5.69 Å². The summed E-state index contributed by atoms with van der Waals surface area (Å²) in [6.45, 7) is 11.2. The normalized spacial score (nSPS) is 10.6. The van der Waals surface area contributed by atoms with E-state index in [1.165, 1.54) is 22.3 Å². The van der Waals surface area contributed by atoms with Gasteiger partial charge in [-0.1, -0.05) is 48.4 Å². The second-order valence-corrected chi connectivity index (χ2v) is 7.07. The van der Waals surface area contributed by atoms with Crippen LogP contribution in [0.5, 0.6) is 0 Å². The Balaban J connectivity index is 2.57. The molecule has 0 radical (unpaired) electrons. The molecular formula is C22H30N2O. The Kier molecular flexibility index (Phi) is 6.24. The lowest BCUT2D eigenvalue weighted by atomic mass is 9.95. The van der Waals surface area contributed by atoms with Crippen molar-refractivity contribution in [3.8, 4) is 0 Å². The molecule has 25 heavy (non-hydrogen) atoms. The summed E-state index contributed by atoms with van der Waals surface area (Å²) in [5.41, 5.74) is 7.93. The van der Waals surface area contributed by atoms with Gasteiger partial charge in [0.05, 0.1) is 0 Å². The van der Waals surface area contributed by atoms with Crippen LogP contribution in [0.25, 0.3) is 0 Å². The molecular weight excluding hydrogens is 308 g/mol. The van der Waals surface area contributed by atoms with Gasteiger partial charge in [-0.3, -0.25) is 4.79 Å². The van der Waals surface area contributed by atoms with Crippen LogP contribution < -0.4 is 10.5 Å². The van der Waals surface area contributed by atoms with Crippen molar-refractivity contribution in [3.05, 3.63) is 74.2 Å². The minimum atomic E-state index is 0.00186. The second-order valence-electron chi connectivity index (χ2n) is 7.07. The summed E-state index contributed by atoms with van der Waals surface area (Å²) >= 11 is 0. The van der Waals surface area contributed by atoms with Gasteiger partial charge in [0.2, 0.25) is 0 Å². The first-order valence-electron chi connectivity index (χ1n) is 8.98. The van der Waals surface area contributed by atoms with Gasteiger partial charge in [-0.25, -0.2) is 0 Å². The molecule has 0 bridgehead atoms. The lowest BCUT2D eigenvalue weighted by Crippen LogP contribution is -2.29. The number of aryl methyl sites for hydroxylation is 2. The number of aromatic amines is 1. The maximum atomic E-state index is 12.8. The number of allylic oxidation sites excluding steroid dienone is 1. The first-order valence-corrected chi connectivity index (χ1v) is 8.98. The SMILES string of the molecule is CCc1c(C)[nH]c(=O)c(N(C)CC=C(C)C)c1Cc1cccc(C)c1. The zero-order valence-electron chi connectivity index (χ0n) is 16.4. The van der Waals surface area contributed by atoms with Gasteiger partial charge in [0, 0.05) is 25.7 Å². The zero-order valence-corrected chi connectivity index (χ0v) is 16.4. The van der Waals surface area contributed by atoms with E-state index >= 15 is 0 Å². The highest BCUT2D eigenvalue weighted by atomic mass is 16.1. The Morgan fingerprint density at radius 2 is 1.92 bits per heavy atom. The van der Waals surface area contributed by atoms with Crippen molar-refractivity contribution in [1.82, 2.24) is 4.98 Å². The molecule has 0 fully saturated rings. The fraction of sp³-hybridized carbons (Fsp3) is 0.409. The first kappa shape index (κ1) is 19.0. The molecule has 0 spiro atoms. The van der Waals surface area contributed by atoms with Crippen molar-refractivity contribution >= 4 is 5.69 Å². The number of hydrogen-bond donors (Lipinski definition) is 1. The molecule has 134 valence electrons. The number of aromatic nitrogens is 1. The molecule has 0 amide bonds. The van der Waals surface area contributed by atoms with Crippen molar-refractivity contribution in [1.29, 1.82) is 0 Å². The van der Waals surface area contributed by atoms with E-state index in [-0.39, 0.29) is 5.56 Å². The Bertz CT molecular complexity index is 826. The third kappa shape index (κ3) is 4.62. The predicted octanol–water partition coefficient (Wildman–Crippen LogP) is 4.55. The predicted molar refractivity (Wildman–Crippen MR) is 108 cm³/mol. The summed E-state index contributed by atoms with van der Waals surface area (Å²) in [5.74, 6) is 0. The fourth-order valence-electron chi connectivity index (χ4n) is 3.32. The van der Waals surface area contributed by atoms with E-state index in [2.05, 4.69) is 67.9 Å². The molecule has 3 heteroatoms. The molecule has 2 rings (SSSR count). The van der Waals surface area contributed by atoms with E-state index in [0.717, 1.165) is 36.3 Å². The molecule has 1 N–H and O–H groups in total. The van der Waals surface area contributed by atoms with E-state index in [9.17, 15) is 4.79 Å². The smallest absolute Gasteiger partial charge is 0.272 e. The standard InChI is InChI=1S/C22H30N2O/c1-7-19-17(5)23-22(25)21(24(6)12-11-15(2)3)20(19)14-18-10-8-9-16(4)13-18/h8-11,13H,7,12,14H2,1-6H3,(H,23,25). The van der Waals surface area contributed by atoms with E-state index in [1.807, 2.05) is 14.0 Å². The average molecular weight is 338 g/mol. The summed E-state index contributed by atoms with van der Waals surface area (Å²) in [6.07, 6.45) is 3.85. The zero-order chi connectivity index (χ0) is 18.6. The number of likely N-dealkylation sites (N-methyl/N-ethyl adjacent to an activating group) is 1. The summed E-state index contributed by atoms with van der Waals surface area (Å²) in [7, 11) is 2.00. The molecule has 2 aromatic rings. The molecule has 0 unspecified atom stereocenters. The molecule has 1 aromatic carbocycles. The number of H-pyrrole nitrogens is 1. The van der Waals surface area contributed by atoms with Crippen molar-refractivity contribution < 1.29 is 0 Å². The van der Waals surface area contributed by atoms with Crippen LogP contribution in [0.15, 0.2) is 40.7 Å². The molecule has 1 aromatic heterocycles. The monoisotopic (exact) mass is 338 g/mol. The summed E-state index contributed by atoms with van der Waals surface area (Å²) in [5, 5.41) is 0. The van der Waals surface area contributed by atoms with Crippen LogP contribution in [-0.2, 0) is 12.8 Å². The van der Waals surface area contributed by atoms with Gasteiger partial charge in [0.15, 0.2) is 0 Å². The minimum absolute atomic E-state index is 0.00186. The van der Waals surface area contributed by atoms with Crippen molar-refractivity contribution in [2.24, 2.45) is 0 Å². The van der Waals surface area contributed by atoms with Crippen molar-refractivity contribution in [2.75, 3.05) is 18.5 Å². The van der Waals surface area contributed by atoms with Crippen LogP contribution >= 0.6 is 0 Å². The highest BCUT2D eigenvalue weighted by Gasteiger charge is 2.18. The van der Waals surface area contributed by atoms with Gasteiger partial charge in [-0.05, 0) is 50.8 Å². The molecule has 0 aliphatic carbocycles. The number of nitrogens with zero attached hydrogens (tertiary/aromatic N) is 1. The van der Waals surface area contributed by atoms with Gasteiger partial charge in [-0.15, -0.1) is 0 Å². The minimum Gasteiger partial charge on any atom is -0.366 e. The van der Waals surface area contributed by atoms with E-state index in [1.54, 1.807) is 0 Å². The third-order valence-corrected chi connectivity index (χ3v) is 4.59. The third-order valence-electron chi connectivity index (χ3n) is 4.59. The summed E-state index contributed by atoms with van der Waals surface area (Å²) in [6, 6.07) is 8.54. The Hall–Kier alpha value is -2.29. The van der Waals surface area contributed by atoms with E-state index in [0.29, 0.717) is 0 Å². The Morgan fingerprint density at radius 3 is 2.52 bits per heavy atom. The van der Waals surface area contributed by atoms with Gasteiger partial charge in [0.25, 0.3) is 5.56 Å². The maximum absolute atomic E-state index is 12.8. The van der Waals surface area contributed by atoms with Crippen LogP contribution in [0, 0.1) is 13.8 Å². The van der Waals surface area contributed by atoms with Gasteiger partial charge in [0.1, 0.15) is 5.69 Å². The van der Waals surface area contributed by atoms with E-state index < -0.39 is 0 Å². The number of nitrogens with one attached hydrogen (secondary N) is 1. The van der Waals surface area contributed by atoms with Gasteiger partial charge >= 0.3 is 0 Å². The molecule has 1 heterocycles. The summed E-state index contributed by atoms with van der Waals surface area (Å²) < 4.78 is 0. The molecule has 0 saturated heterocycles. The quantitative estimate of drug-likeness (QED) is 0.785. The number of benzene rings is 1. The van der Waals surface area contributed by atoms with Gasteiger partial charge < -0.3 is 9.88 Å². The van der Waals surface area contributed by atoms with Gasteiger partial charge in [-0.2, -0.15) is 0 Å². The largest absolute Gasteiger partial charge is 0.366 e.